The second kappa shape index (κ2) is 6.29. The number of ether oxygens (including phenoxy) is 1. The van der Waals surface area contributed by atoms with Gasteiger partial charge < -0.3 is 10.1 Å². The van der Waals surface area contributed by atoms with Gasteiger partial charge in [-0.3, -0.25) is 0 Å². The highest BCUT2D eigenvalue weighted by molar-refractivity contribution is 5.26. The normalized spacial score (nSPS) is 12.2. The first-order valence-electron chi connectivity index (χ1n) is 6.17. The van der Waals surface area contributed by atoms with Crippen LogP contribution < -0.4 is 10.1 Å². The van der Waals surface area contributed by atoms with Crippen LogP contribution in [0.25, 0.3) is 0 Å². The van der Waals surface area contributed by atoms with Crippen LogP contribution in [0.4, 0.5) is 4.39 Å². The molecule has 3 nitrogen and oxygen atoms in total. The molecular weight excluding hydrogens is 243 g/mol. The lowest BCUT2D eigenvalue weighted by Crippen LogP contribution is -2.18. The Morgan fingerprint density at radius 2 is 2.00 bits per heavy atom. The Labute approximate surface area is 112 Å². The van der Waals surface area contributed by atoms with Crippen LogP contribution in [-0.4, -0.2) is 12.1 Å². The van der Waals surface area contributed by atoms with E-state index in [1.54, 1.807) is 25.4 Å². The number of nitrogens with zero attached hydrogens (tertiary/aromatic N) is 1. The smallest absolute Gasteiger partial charge is 0.217 e. The topological polar surface area (TPSA) is 34.1 Å². The molecule has 0 aliphatic rings. The fraction of sp³-hybridized carbons (Fsp3) is 0.267. The van der Waals surface area contributed by atoms with Crippen molar-refractivity contribution in [2.75, 3.05) is 7.11 Å². The molecular formula is C15H17FN2O. The summed E-state index contributed by atoms with van der Waals surface area (Å²) in [6.07, 6.45) is 1.70. The monoisotopic (exact) mass is 260 g/mol. The molecule has 0 amide bonds. The van der Waals surface area contributed by atoms with Crippen LogP contribution in [0.3, 0.4) is 0 Å². The highest BCUT2D eigenvalue weighted by Crippen LogP contribution is 2.17. The van der Waals surface area contributed by atoms with Crippen LogP contribution in [0, 0.1) is 5.82 Å². The fourth-order valence-electron chi connectivity index (χ4n) is 1.87. The largest absolute Gasteiger partial charge is 0.481 e. The van der Waals surface area contributed by atoms with E-state index in [4.69, 9.17) is 4.74 Å². The molecule has 1 heterocycles. The van der Waals surface area contributed by atoms with Crippen molar-refractivity contribution in [3.63, 3.8) is 0 Å². The number of rotatable bonds is 5. The highest BCUT2D eigenvalue weighted by atomic mass is 19.1. The second-order valence-electron chi connectivity index (χ2n) is 4.33. The molecule has 1 N–H and O–H groups in total. The lowest BCUT2D eigenvalue weighted by atomic mass is 10.1. The molecule has 2 aromatic rings. The zero-order valence-electron chi connectivity index (χ0n) is 11.1. The van der Waals surface area contributed by atoms with Crippen LogP contribution in [0.2, 0.25) is 0 Å². The van der Waals surface area contributed by atoms with Gasteiger partial charge >= 0.3 is 0 Å². The summed E-state index contributed by atoms with van der Waals surface area (Å²) in [5.41, 5.74) is 2.04. The van der Waals surface area contributed by atoms with Crippen molar-refractivity contribution in [3.05, 3.63) is 59.5 Å². The number of halogens is 1. The van der Waals surface area contributed by atoms with Gasteiger partial charge in [0.1, 0.15) is 5.82 Å². The van der Waals surface area contributed by atoms with E-state index >= 15 is 0 Å². The lowest BCUT2D eigenvalue weighted by Gasteiger charge is -2.15. The molecule has 19 heavy (non-hydrogen) atoms. The van der Waals surface area contributed by atoms with Crippen LogP contribution >= 0.6 is 0 Å². The molecule has 2 rings (SSSR count). The summed E-state index contributed by atoms with van der Waals surface area (Å²) in [5, 5.41) is 3.37. The van der Waals surface area contributed by atoms with E-state index in [0.717, 1.165) is 11.1 Å². The number of methoxy groups -OCH3 is 1. The first-order valence-corrected chi connectivity index (χ1v) is 6.17. The molecule has 4 heteroatoms. The van der Waals surface area contributed by atoms with Crippen LogP contribution in [0.15, 0.2) is 42.6 Å². The summed E-state index contributed by atoms with van der Waals surface area (Å²) in [4.78, 5) is 4.15. The van der Waals surface area contributed by atoms with Gasteiger partial charge in [0, 0.05) is 24.3 Å². The molecule has 0 spiro atoms. The third-order valence-corrected chi connectivity index (χ3v) is 3.01. The molecule has 100 valence electrons. The maximum absolute atomic E-state index is 12.9. The predicted octanol–water partition coefficient (Wildman–Crippen LogP) is 3.08. The Hall–Kier alpha value is -1.94. The quantitative estimate of drug-likeness (QED) is 0.897. The third-order valence-electron chi connectivity index (χ3n) is 3.01. The number of nitrogens with one attached hydrogen (secondary N) is 1. The number of pyridine rings is 1. The number of hydrogen-bond donors (Lipinski definition) is 1. The standard InChI is InChI=1S/C15H17FN2O/c1-11(12-5-7-14(16)8-6-12)18-10-13-4-3-9-17-15(13)19-2/h3-9,11,18H,10H2,1-2H3/t11-/m1/s1. The van der Waals surface area contributed by atoms with Gasteiger partial charge in [-0.2, -0.15) is 0 Å². The van der Waals surface area contributed by atoms with Gasteiger partial charge in [0.2, 0.25) is 5.88 Å². The average molecular weight is 260 g/mol. The van der Waals surface area contributed by atoms with Crippen LogP contribution in [0.5, 0.6) is 5.88 Å². The lowest BCUT2D eigenvalue weighted by molar-refractivity contribution is 0.389. The molecule has 0 bridgehead atoms. The second-order valence-corrected chi connectivity index (χ2v) is 4.33. The van der Waals surface area contributed by atoms with E-state index < -0.39 is 0 Å². The Balaban J connectivity index is 2.00. The number of hydrogen-bond acceptors (Lipinski definition) is 3. The van der Waals surface area contributed by atoms with E-state index in [0.29, 0.717) is 12.4 Å². The van der Waals surface area contributed by atoms with Crippen LogP contribution in [-0.2, 0) is 6.54 Å². The summed E-state index contributed by atoms with van der Waals surface area (Å²) < 4.78 is 18.1. The van der Waals surface area contributed by atoms with Crippen LogP contribution in [0.1, 0.15) is 24.1 Å². The van der Waals surface area contributed by atoms with E-state index in [1.165, 1.54) is 12.1 Å². The van der Waals surface area contributed by atoms with E-state index in [9.17, 15) is 4.39 Å². The van der Waals surface area contributed by atoms with Gasteiger partial charge in [-0.1, -0.05) is 18.2 Å². The van der Waals surface area contributed by atoms with Crippen molar-refractivity contribution >= 4 is 0 Å². The fourth-order valence-corrected chi connectivity index (χ4v) is 1.87. The zero-order chi connectivity index (χ0) is 13.7. The maximum Gasteiger partial charge on any atom is 0.217 e. The molecule has 0 aliphatic heterocycles. The van der Waals surface area contributed by atoms with Gasteiger partial charge in [0.25, 0.3) is 0 Å². The molecule has 0 fully saturated rings. The predicted molar refractivity (Wildman–Crippen MR) is 72.4 cm³/mol. The minimum absolute atomic E-state index is 0.130. The summed E-state index contributed by atoms with van der Waals surface area (Å²) in [5.74, 6) is 0.409. The Kier molecular flexibility index (Phi) is 4.47. The Morgan fingerprint density at radius 3 is 2.68 bits per heavy atom. The summed E-state index contributed by atoms with van der Waals surface area (Å²) in [7, 11) is 1.61. The van der Waals surface area contributed by atoms with Crippen molar-refractivity contribution < 1.29 is 9.13 Å². The molecule has 1 aromatic carbocycles. The molecule has 1 aromatic heterocycles. The van der Waals surface area contributed by atoms with Crippen molar-refractivity contribution in [2.24, 2.45) is 0 Å². The minimum atomic E-state index is -0.218. The van der Waals surface area contributed by atoms with Crippen molar-refractivity contribution in [3.8, 4) is 5.88 Å². The van der Waals surface area contributed by atoms with E-state index in [2.05, 4.69) is 10.3 Å². The number of aromatic nitrogens is 1. The van der Waals surface area contributed by atoms with Crippen molar-refractivity contribution in [1.29, 1.82) is 0 Å². The third kappa shape index (κ3) is 3.51. The maximum atomic E-state index is 12.9. The van der Waals surface area contributed by atoms with Gasteiger partial charge in [0.05, 0.1) is 7.11 Å². The average Bonchev–Trinajstić information content (AvgIpc) is 2.45. The highest BCUT2D eigenvalue weighted by Gasteiger charge is 2.07. The first kappa shape index (κ1) is 13.5. The van der Waals surface area contributed by atoms with Gasteiger partial charge in [-0.15, -0.1) is 0 Å². The summed E-state index contributed by atoms with van der Waals surface area (Å²) in [6, 6.07) is 10.5. The zero-order valence-corrected chi connectivity index (χ0v) is 11.1. The first-order chi connectivity index (χ1) is 9.20. The summed E-state index contributed by atoms with van der Waals surface area (Å²) >= 11 is 0. The van der Waals surface area contributed by atoms with E-state index in [1.807, 2.05) is 19.1 Å². The SMILES string of the molecule is COc1ncccc1CN[C@H](C)c1ccc(F)cc1. The van der Waals surface area contributed by atoms with Crippen molar-refractivity contribution in [2.45, 2.75) is 19.5 Å². The molecule has 0 aliphatic carbocycles. The Morgan fingerprint density at radius 1 is 1.26 bits per heavy atom. The van der Waals surface area contributed by atoms with Gasteiger partial charge in [-0.05, 0) is 30.7 Å². The molecule has 0 saturated heterocycles. The molecule has 1 atom stereocenters. The van der Waals surface area contributed by atoms with Gasteiger partial charge in [-0.25, -0.2) is 9.37 Å². The molecule has 0 radical (unpaired) electrons. The van der Waals surface area contributed by atoms with E-state index in [-0.39, 0.29) is 11.9 Å². The van der Waals surface area contributed by atoms with Gasteiger partial charge in [0.15, 0.2) is 0 Å². The molecule has 0 unspecified atom stereocenters. The Bertz CT molecular complexity index is 528. The minimum Gasteiger partial charge on any atom is -0.481 e. The number of benzene rings is 1. The van der Waals surface area contributed by atoms with Crippen molar-refractivity contribution in [1.82, 2.24) is 10.3 Å². The molecule has 0 saturated carbocycles. The summed E-state index contributed by atoms with van der Waals surface area (Å²) in [6.45, 7) is 2.69.